The smallest absolute Gasteiger partial charge is 0.264 e. The maximum Gasteiger partial charge on any atom is 0.264 e. The lowest BCUT2D eigenvalue weighted by Gasteiger charge is -2.41. The van der Waals surface area contributed by atoms with E-state index in [0.29, 0.717) is 10.9 Å². The van der Waals surface area contributed by atoms with Gasteiger partial charge in [-0.2, -0.15) is 0 Å². The van der Waals surface area contributed by atoms with Gasteiger partial charge in [0.1, 0.15) is 0 Å². The third kappa shape index (κ3) is 8.14. The van der Waals surface area contributed by atoms with Gasteiger partial charge in [-0.25, -0.2) is 8.42 Å². The highest BCUT2D eigenvalue weighted by Crippen LogP contribution is 2.31. The highest BCUT2D eigenvalue weighted by atomic mass is 32.2. The van der Waals surface area contributed by atoms with Crippen molar-refractivity contribution in [3.05, 3.63) is 132 Å². The molecule has 1 heterocycles. The van der Waals surface area contributed by atoms with E-state index in [4.69, 9.17) is 0 Å². The molecule has 1 aliphatic heterocycles. The summed E-state index contributed by atoms with van der Waals surface area (Å²) < 4.78 is 29.9. The SMILES string of the molecule is CCCc1ccc(S(=O)(=O)N(c2ccccc2)C2CCN(C[C@H](C)N(Cc3ccccc3)Cc3ccccc3)CC2)cc1. The summed E-state index contributed by atoms with van der Waals surface area (Å²) in [5.41, 5.74) is 4.54. The van der Waals surface area contributed by atoms with Crippen LogP contribution < -0.4 is 4.31 Å². The molecule has 5 nitrogen and oxygen atoms in total. The first-order chi connectivity index (χ1) is 20.9. The Morgan fingerprint density at radius 2 is 1.23 bits per heavy atom. The molecule has 0 saturated carbocycles. The van der Waals surface area contributed by atoms with Crippen molar-refractivity contribution < 1.29 is 8.42 Å². The number of hydrogen-bond acceptors (Lipinski definition) is 4. The summed E-state index contributed by atoms with van der Waals surface area (Å²) in [5.74, 6) is 0. The van der Waals surface area contributed by atoms with Crippen LogP contribution in [0.15, 0.2) is 120 Å². The second-order valence-corrected chi connectivity index (χ2v) is 13.6. The maximum atomic E-state index is 14.1. The Bertz CT molecular complexity index is 1450. The first kappa shape index (κ1) is 31.0. The number of sulfonamides is 1. The largest absolute Gasteiger partial charge is 0.302 e. The molecule has 0 amide bonds. The lowest BCUT2D eigenvalue weighted by molar-refractivity contribution is 0.119. The Labute approximate surface area is 258 Å². The molecule has 0 radical (unpaired) electrons. The molecule has 6 heteroatoms. The number of aryl methyl sites for hydroxylation is 1. The summed E-state index contributed by atoms with van der Waals surface area (Å²) in [4.78, 5) is 5.43. The van der Waals surface area contributed by atoms with Crippen LogP contribution in [-0.2, 0) is 29.5 Å². The molecule has 5 rings (SSSR count). The van der Waals surface area contributed by atoms with Crippen molar-refractivity contribution in [2.45, 2.75) is 69.6 Å². The topological polar surface area (TPSA) is 43.9 Å². The maximum absolute atomic E-state index is 14.1. The van der Waals surface area contributed by atoms with Gasteiger partial charge < -0.3 is 4.90 Å². The van der Waals surface area contributed by atoms with Crippen molar-refractivity contribution in [2.24, 2.45) is 0 Å². The molecular formula is C37H45N3O2S. The number of hydrogen-bond donors (Lipinski definition) is 0. The van der Waals surface area contributed by atoms with Crippen LogP contribution >= 0.6 is 0 Å². The van der Waals surface area contributed by atoms with Crippen LogP contribution in [0.25, 0.3) is 0 Å². The Balaban J connectivity index is 1.28. The van der Waals surface area contributed by atoms with Crippen molar-refractivity contribution in [1.29, 1.82) is 0 Å². The molecule has 0 bridgehead atoms. The van der Waals surface area contributed by atoms with Crippen LogP contribution in [-0.4, -0.2) is 49.9 Å². The Morgan fingerprint density at radius 3 is 1.74 bits per heavy atom. The molecule has 0 aliphatic carbocycles. The second-order valence-electron chi connectivity index (χ2n) is 11.8. The van der Waals surface area contributed by atoms with Crippen molar-refractivity contribution in [3.63, 3.8) is 0 Å². The predicted octanol–water partition coefficient (Wildman–Crippen LogP) is 7.39. The molecule has 1 saturated heterocycles. The summed E-state index contributed by atoms with van der Waals surface area (Å²) in [6.45, 7) is 8.93. The lowest BCUT2D eigenvalue weighted by Crippen LogP contribution is -2.50. The molecule has 1 fully saturated rings. The van der Waals surface area contributed by atoms with Gasteiger partial charge in [0.25, 0.3) is 10.0 Å². The standard InChI is InChI=1S/C37H45N3O2S/c1-3-13-32-20-22-37(23-21-32)43(41,42)40(35-18-11-6-12-19-35)36-24-26-38(27-25-36)28-31(2)39(29-33-14-7-4-8-15-33)30-34-16-9-5-10-17-34/h4-12,14-23,31,36H,3,13,24-30H2,1-2H3/t31-/m0/s1. The van der Waals surface area contributed by atoms with E-state index in [1.165, 1.54) is 16.7 Å². The summed E-state index contributed by atoms with van der Waals surface area (Å²) in [5, 5.41) is 0. The van der Waals surface area contributed by atoms with Crippen LogP contribution in [0, 0.1) is 0 Å². The van der Waals surface area contributed by atoms with Gasteiger partial charge in [0.2, 0.25) is 0 Å². The quantitative estimate of drug-likeness (QED) is 0.162. The van der Waals surface area contributed by atoms with Gasteiger partial charge in [0.05, 0.1) is 10.6 Å². The third-order valence-corrected chi connectivity index (χ3v) is 10.4. The number of piperidine rings is 1. The van der Waals surface area contributed by atoms with Gasteiger partial charge in [-0.3, -0.25) is 9.21 Å². The molecule has 0 aromatic heterocycles. The van der Waals surface area contributed by atoms with Crippen LogP contribution in [0.2, 0.25) is 0 Å². The first-order valence-corrected chi connectivity index (χ1v) is 17.1. The molecule has 0 N–H and O–H groups in total. The van der Waals surface area contributed by atoms with Gasteiger partial charge in [0, 0.05) is 44.8 Å². The Hall–Kier alpha value is -3.45. The monoisotopic (exact) mass is 595 g/mol. The minimum atomic E-state index is -3.70. The zero-order chi connectivity index (χ0) is 30.1. The number of likely N-dealkylation sites (tertiary alicyclic amines) is 1. The third-order valence-electron chi connectivity index (χ3n) is 8.52. The van der Waals surface area contributed by atoms with E-state index < -0.39 is 10.0 Å². The van der Waals surface area contributed by atoms with Crippen molar-refractivity contribution in [3.8, 4) is 0 Å². The van der Waals surface area contributed by atoms with Gasteiger partial charge in [0.15, 0.2) is 0 Å². The van der Waals surface area contributed by atoms with E-state index in [-0.39, 0.29) is 6.04 Å². The lowest BCUT2D eigenvalue weighted by atomic mass is 10.0. The number of para-hydroxylation sites is 1. The summed E-state index contributed by atoms with van der Waals surface area (Å²) >= 11 is 0. The fourth-order valence-corrected chi connectivity index (χ4v) is 7.89. The number of nitrogens with zero attached hydrogens (tertiary/aromatic N) is 3. The van der Waals surface area contributed by atoms with E-state index in [1.807, 2.05) is 42.5 Å². The van der Waals surface area contributed by atoms with Crippen LogP contribution in [0.5, 0.6) is 0 Å². The van der Waals surface area contributed by atoms with Crippen LogP contribution in [0.4, 0.5) is 5.69 Å². The summed E-state index contributed by atoms with van der Waals surface area (Å²) in [6.07, 6.45) is 3.59. The zero-order valence-electron chi connectivity index (χ0n) is 25.6. The molecule has 4 aromatic rings. The zero-order valence-corrected chi connectivity index (χ0v) is 26.4. The number of anilines is 1. The highest BCUT2D eigenvalue weighted by Gasteiger charge is 2.34. The molecule has 226 valence electrons. The van der Waals surface area contributed by atoms with Crippen LogP contribution in [0.3, 0.4) is 0 Å². The van der Waals surface area contributed by atoms with E-state index in [1.54, 1.807) is 16.4 Å². The van der Waals surface area contributed by atoms with E-state index >= 15 is 0 Å². The average molecular weight is 596 g/mol. The van der Waals surface area contributed by atoms with Gasteiger partial charge in [-0.05, 0) is 67.1 Å². The van der Waals surface area contributed by atoms with Crippen molar-refractivity contribution >= 4 is 15.7 Å². The summed E-state index contributed by atoms with van der Waals surface area (Å²) in [7, 11) is -3.70. The van der Waals surface area contributed by atoms with Crippen molar-refractivity contribution in [1.82, 2.24) is 9.80 Å². The number of rotatable bonds is 13. The van der Waals surface area contributed by atoms with E-state index in [2.05, 4.69) is 84.3 Å². The first-order valence-electron chi connectivity index (χ1n) is 15.7. The molecule has 43 heavy (non-hydrogen) atoms. The second kappa shape index (κ2) is 14.8. The molecule has 0 unspecified atom stereocenters. The molecule has 4 aromatic carbocycles. The predicted molar refractivity (Wildman–Crippen MR) is 178 cm³/mol. The van der Waals surface area contributed by atoms with Gasteiger partial charge in [-0.1, -0.05) is 104 Å². The minimum Gasteiger partial charge on any atom is -0.302 e. The highest BCUT2D eigenvalue weighted by molar-refractivity contribution is 7.92. The molecule has 1 atom stereocenters. The average Bonchev–Trinajstić information content (AvgIpc) is 3.03. The van der Waals surface area contributed by atoms with E-state index in [9.17, 15) is 8.42 Å². The Kier molecular flexibility index (Phi) is 10.7. The number of benzene rings is 4. The molecule has 1 aliphatic rings. The van der Waals surface area contributed by atoms with E-state index in [0.717, 1.165) is 64.1 Å². The minimum absolute atomic E-state index is 0.0842. The van der Waals surface area contributed by atoms with Gasteiger partial charge in [-0.15, -0.1) is 0 Å². The van der Waals surface area contributed by atoms with Crippen molar-refractivity contribution in [2.75, 3.05) is 23.9 Å². The summed E-state index contributed by atoms with van der Waals surface area (Å²) in [6, 6.07) is 38.7. The van der Waals surface area contributed by atoms with Crippen LogP contribution in [0.1, 0.15) is 49.8 Å². The molecular weight excluding hydrogens is 550 g/mol. The fraction of sp³-hybridized carbons (Fsp3) is 0.351. The van der Waals surface area contributed by atoms with Gasteiger partial charge >= 0.3 is 0 Å². The normalized spacial score (nSPS) is 15.4. The fourth-order valence-electron chi connectivity index (χ4n) is 6.18. The Morgan fingerprint density at radius 1 is 0.721 bits per heavy atom. The molecule has 0 spiro atoms.